The molecule has 0 unspecified atom stereocenters. The van der Waals surface area contributed by atoms with Gasteiger partial charge in [0, 0.05) is 20.3 Å². The molecular formula is C10H14N4O. The largest absolute Gasteiger partial charge is 0.328 e. The lowest BCUT2D eigenvalue weighted by Crippen LogP contribution is -2.27. The second kappa shape index (κ2) is 4.60. The van der Waals surface area contributed by atoms with Crippen molar-refractivity contribution in [2.75, 3.05) is 13.6 Å². The molecule has 1 aromatic rings. The number of carbonyl (C=O) groups is 1. The molecule has 0 saturated carbocycles. The van der Waals surface area contributed by atoms with E-state index in [0.717, 1.165) is 5.69 Å². The second-order valence-electron chi connectivity index (χ2n) is 3.34. The van der Waals surface area contributed by atoms with E-state index < -0.39 is 0 Å². The number of nitriles is 1. The predicted molar refractivity (Wildman–Crippen MR) is 55.2 cm³/mol. The molecule has 0 spiro atoms. The Morgan fingerprint density at radius 3 is 2.93 bits per heavy atom. The van der Waals surface area contributed by atoms with Gasteiger partial charge in [0.25, 0.3) is 5.91 Å². The van der Waals surface area contributed by atoms with Gasteiger partial charge in [-0.15, -0.1) is 0 Å². The predicted octanol–water partition coefficient (Wildman–Crippen LogP) is 0.578. The summed E-state index contributed by atoms with van der Waals surface area (Å²) in [5.41, 5.74) is 1.35. The number of hydrogen-bond donors (Lipinski definition) is 0. The average molecular weight is 206 g/mol. The minimum absolute atomic E-state index is 0.0941. The molecule has 1 rings (SSSR count). The van der Waals surface area contributed by atoms with Gasteiger partial charge in [0.2, 0.25) is 0 Å². The van der Waals surface area contributed by atoms with E-state index in [4.69, 9.17) is 5.26 Å². The Morgan fingerprint density at radius 1 is 1.73 bits per heavy atom. The van der Waals surface area contributed by atoms with Crippen molar-refractivity contribution in [2.24, 2.45) is 7.05 Å². The SMILES string of the molecule is CCc1nn(C)cc1C(=O)N(C)CC#N. The molecule has 0 saturated heterocycles. The van der Waals surface area contributed by atoms with Crippen molar-refractivity contribution in [2.45, 2.75) is 13.3 Å². The summed E-state index contributed by atoms with van der Waals surface area (Å²) in [6.07, 6.45) is 2.40. The van der Waals surface area contributed by atoms with E-state index in [2.05, 4.69) is 5.10 Å². The van der Waals surface area contributed by atoms with Crippen molar-refractivity contribution in [1.29, 1.82) is 5.26 Å². The van der Waals surface area contributed by atoms with E-state index in [1.807, 2.05) is 13.0 Å². The number of aryl methyl sites for hydroxylation is 2. The number of amides is 1. The van der Waals surface area contributed by atoms with Crippen molar-refractivity contribution >= 4 is 5.91 Å². The zero-order valence-electron chi connectivity index (χ0n) is 9.19. The highest BCUT2D eigenvalue weighted by molar-refractivity contribution is 5.95. The molecule has 0 aliphatic rings. The maximum atomic E-state index is 11.8. The molecule has 80 valence electrons. The van der Waals surface area contributed by atoms with Gasteiger partial charge in [0.1, 0.15) is 6.54 Å². The molecular weight excluding hydrogens is 192 g/mol. The zero-order valence-corrected chi connectivity index (χ0v) is 9.19. The topological polar surface area (TPSA) is 61.9 Å². The van der Waals surface area contributed by atoms with E-state index in [1.54, 1.807) is 25.0 Å². The Bertz CT molecular complexity index is 402. The number of hydrogen-bond acceptors (Lipinski definition) is 3. The molecule has 0 fully saturated rings. The van der Waals surface area contributed by atoms with Crippen molar-refractivity contribution in [3.63, 3.8) is 0 Å². The molecule has 1 amide bonds. The van der Waals surface area contributed by atoms with Crippen LogP contribution < -0.4 is 0 Å². The van der Waals surface area contributed by atoms with E-state index >= 15 is 0 Å². The van der Waals surface area contributed by atoms with Gasteiger partial charge in [-0.25, -0.2) is 0 Å². The quantitative estimate of drug-likeness (QED) is 0.679. The third-order valence-electron chi connectivity index (χ3n) is 2.13. The number of rotatable bonds is 3. The first-order chi connectivity index (χ1) is 7.10. The van der Waals surface area contributed by atoms with Crippen LogP contribution in [0, 0.1) is 11.3 Å². The van der Waals surface area contributed by atoms with Crippen LogP contribution in [0.25, 0.3) is 0 Å². The van der Waals surface area contributed by atoms with Gasteiger partial charge in [0.05, 0.1) is 17.3 Å². The molecule has 5 heteroatoms. The van der Waals surface area contributed by atoms with Crippen molar-refractivity contribution in [3.05, 3.63) is 17.5 Å². The Kier molecular flexibility index (Phi) is 3.45. The first kappa shape index (κ1) is 11.2. The Labute approximate surface area is 88.9 Å². The lowest BCUT2D eigenvalue weighted by atomic mass is 10.2. The van der Waals surface area contributed by atoms with Gasteiger partial charge >= 0.3 is 0 Å². The van der Waals surface area contributed by atoms with E-state index in [9.17, 15) is 4.79 Å². The fourth-order valence-electron chi connectivity index (χ4n) is 1.36. The van der Waals surface area contributed by atoms with Gasteiger partial charge in [-0.3, -0.25) is 9.48 Å². The fourth-order valence-corrected chi connectivity index (χ4v) is 1.36. The third-order valence-corrected chi connectivity index (χ3v) is 2.13. The summed E-state index contributed by atoms with van der Waals surface area (Å²) in [5.74, 6) is -0.151. The Hall–Kier alpha value is -1.83. The third kappa shape index (κ3) is 2.34. The molecule has 0 aromatic carbocycles. The van der Waals surface area contributed by atoms with Crippen LogP contribution in [0.2, 0.25) is 0 Å². The van der Waals surface area contributed by atoms with E-state index in [1.165, 1.54) is 4.90 Å². The number of nitrogens with zero attached hydrogens (tertiary/aromatic N) is 4. The minimum Gasteiger partial charge on any atom is -0.328 e. The Morgan fingerprint density at radius 2 is 2.40 bits per heavy atom. The smallest absolute Gasteiger partial charge is 0.257 e. The molecule has 5 nitrogen and oxygen atoms in total. The van der Waals surface area contributed by atoms with Gasteiger partial charge in [-0.2, -0.15) is 10.4 Å². The van der Waals surface area contributed by atoms with Crippen LogP contribution in [-0.2, 0) is 13.5 Å². The van der Waals surface area contributed by atoms with Gasteiger partial charge in [0.15, 0.2) is 0 Å². The summed E-state index contributed by atoms with van der Waals surface area (Å²) in [6.45, 7) is 2.04. The summed E-state index contributed by atoms with van der Waals surface area (Å²) in [7, 11) is 3.39. The van der Waals surface area contributed by atoms with Crippen LogP contribution in [0.15, 0.2) is 6.20 Å². The summed E-state index contributed by atoms with van der Waals surface area (Å²) >= 11 is 0. The molecule has 0 radical (unpaired) electrons. The monoisotopic (exact) mass is 206 g/mol. The zero-order chi connectivity index (χ0) is 11.4. The maximum absolute atomic E-state index is 11.8. The van der Waals surface area contributed by atoms with Crippen molar-refractivity contribution in [1.82, 2.24) is 14.7 Å². The molecule has 0 bridgehead atoms. The van der Waals surface area contributed by atoms with Crippen LogP contribution in [0.1, 0.15) is 23.0 Å². The van der Waals surface area contributed by atoms with Crippen molar-refractivity contribution < 1.29 is 4.79 Å². The van der Waals surface area contributed by atoms with Gasteiger partial charge in [-0.05, 0) is 6.42 Å². The van der Waals surface area contributed by atoms with Gasteiger partial charge < -0.3 is 4.90 Å². The summed E-state index contributed by atoms with van der Waals surface area (Å²) < 4.78 is 1.62. The highest BCUT2D eigenvalue weighted by atomic mass is 16.2. The van der Waals surface area contributed by atoms with E-state index in [-0.39, 0.29) is 12.5 Å². The second-order valence-corrected chi connectivity index (χ2v) is 3.34. The van der Waals surface area contributed by atoms with Gasteiger partial charge in [-0.1, -0.05) is 6.92 Å². The van der Waals surface area contributed by atoms with Crippen LogP contribution in [-0.4, -0.2) is 34.2 Å². The first-order valence-corrected chi connectivity index (χ1v) is 4.75. The normalized spacial score (nSPS) is 9.73. The summed E-state index contributed by atoms with van der Waals surface area (Å²) in [6, 6.07) is 1.94. The fraction of sp³-hybridized carbons (Fsp3) is 0.500. The Balaban J connectivity index is 2.95. The molecule has 15 heavy (non-hydrogen) atoms. The maximum Gasteiger partial charge on any atom is 0.257 e. The first-order valence-electron chi connectivity index (χ1n) is 4.75. The van der Waals surface area contributed by atoms with Crippen LogP contribution in [0.4, 0.5) is 0 Å². The molecule has 0 aliphatic carbocycles. The highest BCUT2D eigenvalue weighted by Gasteiger charge is 2.17. The molecule has 0 N–H and O–H groups in total. The lowest BCUT2D eigenvalue weighted by Gasteiger charge is -2.11. The van der Waals surface area contributed by atoms with E-state index in [0.29, 0.717) is 12.0 Å². The summed E-state index contributed by atoms with van der Waals surface area (Å²) in [4.78, 5) is 13.2. The molecule has 1 aromatic heterocycles. The lowest BCUT2D eigenvalue weighted by molar-refractivity contribution is 0.0811. The number of carbonyl (C=O) groups excluding carboxylic acids is 1. The minimum atomic E-state index is -0.151. The average Bonchev–Trinajstić information content (AvgIpc) is 2.58. The van der Waals surface area contributed by atoms with Crippen molar-refractivity contribution in [3.8, 4) is 6.07 Å². The molecule has 0 atom stereocenters. The standard InChI is InChI=1S/C10H14N4O/c1-4-9-8(7-14(3)12-9)10(15)13(2)6-5-11/h7H,4,6H2,1-3H3. The molecule has 0 aliphatic heterocycles. The molecule has 1 heterocycles. The van der Waals surface area contributed by atoms with Crippen LogP contribution in [0.3, 0.4) is 0 Å². The summed E-state index contributed by atoms with van der Waals surface area (Å²) in [5, 5.41) is 12.7. The van der Waals surface area contributed by atoms with Crippen LogP contribution in [0.5, 0.6) is 0 Å². The highest BCUT2D eigenvalue weighted by Crippen LogP contribution is 2.09. The number of aromatic nitrogens is 2. The van der Waals surface area contributed by atoms with Crippen LogP contribution >= 0.6 is 0 Å².